The van der Waals surface area contributed by atoms with Crippen molar-refractivity contribution < 1.29 is 27.1 Å². The average molecular weight is 610 g/mol. The topological polar surface area (TPSA) is 114 Å². The van der Waals surface area contributed by atoms with Crippen LogP contribution < -0.4 is 15.4 Å². The molecule has 3 aromatic carbocycles. The molecule has 8 nitrogen and oxygen atoms in total. The number of benzene rings is 3. The highest BCUT2D eigenvalue weighted by Gasteiger charge is 2.29. The van der Waals surface area contributed by atoms with Crippen molar-refractivity contribution in [2.45, 2.75) is 62.9 Å². The third kappa shape index (κ3) is 9.44. The Morgan fingerprint density at radius 2 is 1.65 bits per heavy atom. The molecule has 0 spiro atoms. The quantitative estimate of drug-likeness (QED) is 0.188. The lowest BCUT2D eigenvalue weighted by molar-refractivity contribution is -0.142. The lowest BCUT2D eigenvalue weighted by Crippen LogP contribution is -2.41. The molecule has 230 valence electrons. The van der Waals surface area contributed by atoms with Gasteiger partial charge in [-0.25, -0.2) is 17.5 Å². The molecule has 1 atom stereocenters. The summed E-state index contributed by atoms with van der Waals surface area (Å²) in [5.41, 5.74) is 3.81. The van der Waals surface area contributed by atoms with Crippen LogP contribution in [-0.4, -0.2) is 46.0 Å². The number of carbonyl (C=O) groups is 2. The van der Waals surface area contributed by atoms with Crippen LogP contribution >= 0.6 is 0 Å². The zero-order valence-electron chi connectivity index (χ0n) is 24.6. The molecule has 3 aromatic rings. The molecule has 0 aliphatic heterocycles. The molecule has 4 rings (SSSR count). The summed E-state index contributed by atoms with van der Waals surface area (Å²) in [6.07, 6.45) is 3.05. The minimum atomic E-state index is -3.72. The number of ether oxygens (including phenoxy) is 1. The Hall–Kier alpha value is -3.60. The van der Waals surface area contributed by atoms with Crippen molar-refractivity contribution >= 4 is 21.9 Å². The molecular formula is C33H40FN3O5S. The van der Waals surface area contributed by atoms with Gasteiger partial charge in [-0.05, 0) is 99.0 Å². The fourth-order valence-electron chi connectivity index (χ4n) is 5.30. The molecule has 10 heteroatoms. The molecule has 1 fully saturated rings. The van der Waals surface area contributed by atoms with Crippen LogP contribution in [0.3, 0.4) is 0 Å². The van der Waals surface area contributed by atoms with E-state index >= 15 is 0 Å². The Morgan fingerprint density at radius 3 is 2.33 bits per heavy atom. The van der Waals surface area contributed by atoms with Gasteiger partial charge >= 0.3 is 5.97 Å². The summed E-state index contributed by atoms with van der Waals surface area (Å²) in [6.45, 7) is 4.81. The highest BCUT2D eigenvalue weighted by molar-refractivity contribution is 7.89. The van der Waals surface area contributed by atoms with E-state index in [-0.39, 0.29) is 47.1 Å². The third-order valence-corrected chi connectivity index (χ3v) is 9.28. The Morgan fingerprint density at radius 1 is 0.953 bits per heavy atom. The summed E-state index contributed by atoms with van der Waals surface area (Å²) in [4.78, 5) is 24.5. The van der Waals surface area contributed by atoms with E-state index in [0.29, 0.717) is 38.8 Å². The van der Waals surface area contributed by atoms with Crippen molar-refractivity contribution in [1.82, 2.24) is 15.4 Å². The molecule has 43 heavy (non-hydrogen) atoms. The monoisotopic (exact) mass is 609 g/mol. The van der Waals surface area contributed by atoms with Gasteiger partial charge in [-0.1, -0.05) is 48.5 Å². The molecule has 1 aliphatic carbocycles. The normalized spacial score (nSPS) is 17.7. The van der Waals surface area contributed by atoms with Crippen LogP contribution in [0.25, 0.3) is 11.1 Å². The van der Waals surface area contributed by atoms with Gasteiger partial charge < -0.3 is 15.4 Å². The first-order chi connectivity index (χ1) is 20.6. The lowest BCUT2D eigenvalue weighted by Gasteiger charge is -2.29. The van der Waals surface area contributed by atoms with Gasteiger partial charge in [-0.2, -0.15) is 0 Å². The van der Waals surface area contributed by atoms with Crippen molar-refractivity contribution in [3.8, 4) is 11.1 Å². The van der Waals surface area contributed by atoms with Crippen molar-refractivity contribution in [1.29, 1.82) is 0 Å². The van der Waals surface area contributed by atoms with E-state index in [1.807, 2.05) is 25.1 Å². The molecule has 0 saturated heterocycles. The van der Waals surface area contributed by atoms with Crippen LogP contribution in [0, 0.1) is 11.7 Å². The second kappa shape index (κ2) is 15.2. The Balaban J connectivity index is 1.26. The first-order valence-corrected chi connectivity index (χ1v) is 16.3. The van der Waals surface area contributed by atoms with E-state index in [2.05, 4.69) is 21.4 Å². The van der Waals surface area contributed by atoms with Crippen LogP contribution in [0.4, 0.5) is 4.39 Å². The summed E-state index contributed by atoms with van der Waals surface area (Å²) < 4.78 is 47.2. The maximum atomic E-state index is 13.2. The van der Waals surface area contributed by atoms with E-state index < -0.39 is 10.0 Å². The van der Waals surface area contributed by atoms with Crippen LogP contribution in [0.1, 0.15) is 56.7 Å². The summed E-state index contributed by atoms with van der Waals surface area (Å²) in [6, 6.07) is 20.4. The first kappa shape index (κ1) is 32.3. The Bertz CT molecular complexity index is 1470. The number of nitrogens with one attached hydrogen (secondary N) is 3. The highest BCUT2D eigenvalue weighted by atomic mass is 32.2. The largest absolute Gasteiger partial charge is 0.465 e. The molecule has 0 radical (unpaired) electrons. The van der Waals surface area contributed by atoms with Gasteiger partial charge in [0.2, 0.25) is 15.9 Å². The van der Waals surface area contributed by atoms with E-state index in [4.69, 9.17) is 4.74 Å². The SMILES string of the molecule is CCOC(=O)CNCCc1cccc(-c2ccc(S(=O)(=O)NC3CCC(C(=O)NC(C)c4ccc(F)cc4)CC3)cc2)c1. The van der Waals surface area contributed by atoms with E-state index in [1.54, 1.807) is 43.3 Å². The number of esters is 1. The number of carbonyl (C=O) groups excluding carboxylic acids is 2. The predicted octanol–water partition coefficient (Wildman–Crippen LogP) is 4.90. The number of sulfonamides is 1. The number of rotatable bonds is 13. The van der Waals surface area contributed by atoms with Gasteiger partial charge in [0, 0.05) is 12.0 Å². The van der Waals surface area contributed by atoms with Crippen molar-refractivity contribution in [3.05, 3.63) is 89.7 Å². The smallest absolute Gasteiger partial charge is 0.319 e. The predicted molar refractivity (Wildman–Crippen MR) is 164 cm³/mol. The summed E-state index contributed by atoms with van der Waals surface area (Å²) in [5, 5.41) is 6.08. The Kier molecular flexibility index (Phi) is 11.4. The summed E-state index contributed by atoms with van der Waals surface area (Å²) >= 11 is 0. The van der Waals surface area contributed by atoms with Gasteiger partial charge in [0.1, 0.15) is 5.82 Å². The maximum absolute atomic E-state index is 13.2. The van der Waals surface area contributed by atoms with Gasteiger partial charge in [0.15, 0.2) is 0 Å². The second-order valence-electron chi connectivity index (χ2n) is 10.9. The number of amides is 1. The van der Waals surface area contributed by atoms with Gasteiger partial charge in [0.05, 0.1) is 24.1 Å². The van der Waals surface area contributed by atoms with Crippen molar-refractivity contribution in [2.24, 2.45) is 5.92 Å². The lowest BCUT2D eigenvalue weighted by atomic mass is 9.85. The summed E-state index contributed by atoms with van der Waals surface area (Å²) in [7, 11) is -3.72. The second-order valence-corrected chi connectivity index (χ2v) is 12.6. The van der Waals surface area contributed by atoms with E-state index in [1.165, 1.54) is 12.1 Å². The molecule has 3 N–H and O–H groups in total. The molecule has 0 bridgehead atoms. The molecule has 1 amide bonds. The first-order valence-electron chi connectivity index (χ1n) is 14.8. The molecule has 0 aromatic heterocycles. The fourth-order valence-corrected chi connectivity index (χ4v) is 6.60. The molecule has 1 unspecified atom stereocenters. The molecule has 1 saturated carbocycles. The molecule has 1 aliphatic rings. The third-order valence-electron chi connectivity index (χ3n) is 7.74. The standard InChI is InChI=1S/C33H40FN3O5S/c1-3-42-32(38)22-35-20-19-24-5-4-6-28(21-24)26-11-17-31(18-12-26)43(40,41)37-30-15-9-27(10-16-30)33(39)36-23(2)25-7-13-29(34)14-8-25/h4-8,11-14,17-18,21,23,27,30,35,37H,3,9-10,15-16,19-20,22H2,1-2H3,(H,36,39). The fraction of sp³-hybridized carbons (Fsp3) is 0.394. The van der Waals surface area contributed by atoms with Crippen molar-refractivity contribution in [2.75, 3.05) is 19.7 Å². The van der Waals surface area contributed by atoms with Crippen LogP contribution in [0.5, 0.6) is 0 Å². The van der Waals surface area contributed by atoms with Crippen molar-refractivity contribution in [3.63, 3.8) is 0 Å². The zero-order chi connectivity index (χ0) is 30.8. The Labute approximate surface area is 253 Å². The molecule has 0 heterocycles. The number of hydrogen-bond donors (Lipinski definition) is 3. The van der Waals surface area contributed by atoms with Gasteiger partial charge in [-0.15, -0.1) is 0 Å². The minimum absolute atomic E-state index is 0.0641. The number of hydrogen-bond acceptors (Lipinski definition) is 6. The van der Waals surface area contributed by atoms with Gasteiger partial charge in [-0.3, -0.25) is 9.59 Å². The van der Waals surface area contributed by atoms with Crippen LogP contribution in [-0.2, 0) is 30.8 Å². The maximum Gasteiger partial charge on any atom is 0.319 e. The summed E-state index contributed by atoms with van der Waals surface area (Å²) in [5.74, 6) is -0.845. The number of halogens is 1. The average Bonchev–Trinajstić information content (AvgIpc) is 3.00. The van der Waals surface area contributed by atoms with E-state index in [0.717, 1.165) is 28.7 Å². The van der Waals surface area contributed by atoms with Gasteiger partial charge in [0.25, 0.3) is 0 Å². The highest BCUT2D eigenvalue weighted by Crippen LogP contribution is 2.28. The van der Waals surface area contributed by atoms with E-state index in [9.17, 15) is 22.4 Å². The molecular weight excluding hydrogens is 569 g/mol. The van der Waals surface area contributed by atoms with Crippen LogP contribution in [0.2, 0.25) is 0 Å². The zero-order valence-corrected chi connectivity index (χ0v) is 25.5. The minimum Gasteiger partial charge on any atom is -0.465 e. The van der Waals surface area contributed by atoms with Crippen LogP contribution in [0.15, 0.2) is 77.7 Å².